The van der Waals surface area contributed by atoms with Gasteiger partial charge in [-0.15, -0.1) is 0 Å². The van der Waals surface area contributed by atoms with Gasteiger partial charge in [-0.3, -0.25) is 19.2 Å². The van der Waals surface area contributed by atoms with Crippen LogP contribution >= 0.6 is 0 Å². The Morgan fingerprint density at radius 1 is 0.315 bits per heavy atom. The molecule has 0 saturated carbocycles. The predicted molar refractivity (Wildman–Crippen MR) is 308 cm³/mol. The summed E-state index contributed by atoms with van der Waals surface area (Å²) < 4.78 is 23.3. The Bertz CT molecular complexity index is 1330. The van der Waals surface area contributed by atoms with Crippen LogP contribution in [-0.2, 0) is 38.1 Å². The highest BCUT2D eigenvalue weighted by Gasteiger charge is 2.38. The third-order valence-corrected chi connectivity index (χ3v) is 12.9. The molecular formula is C64H111NO8. The number of hydrogen-bond acceptors (Lipinski definition) is 9. The van der Waals surface area contributed by atoms with E-state index in [9.17, 15) is 19.2 Å². The van der Waals surface area contributed by atoms with Crippen molar-refractivity contribution in [2.75, 3.05) is 47.1 Å². The lowest BCUT2D eigenvalue weighted by atomic mass is 9.92. The standard InChI is InChI=1S/C64H111NO8/c1-6-9-12-15-18-21-24-27-30-33-36-39-42-45-48-51-60(66)70-56-64(59-73-63(69)54-55-65(4)5,57-71-61(67)52-49-46-43-40-37-34-31-28-25-22-19-16-13-10-7-2)58-72-62(68)53-50-47-44-41-38-35-32-29-26-23-20-17-14-11-8-3/h18-23,27-32H,6-17,24-26,33-59H2,1-5H3/b21-18-,22-19-,23-20-,30-27-,31-28-,32-29-. The highest BCUT2D eigenvalue weighted by atomic mass is 16.6. The first-order valence-electron chi connectivity index (χ1n) is 29.8. The van der Waals surface area contributed by atoms with Gasteiger partial charge >= 0.3 is 23.9 Å². The normalized spacial score (nSPS) is 12.3. The van der Waals surface area contributed by atoms with Gasteiger partial charge < -0.3 is 23.8 Å². The van der Waals surface area contributed by atoms with Gasteiger partial charge in [0.15, 0.2) is 0 Å². The minimum Gasteiger partial charge on any atom is -0.465 e. The fourth-order valence-electron chi connectivity index (χ4n) is 8.03. The SMILES string of the molecule is CCCCC/C=C\C/C=C\CCCCCCCC(=O)OCC(COC(=O)CCCCCCC/C=C\C/C=C\CCCCC)(COC(=O)CCCCCCC/C=C\C/C=C\CCCCC)COC(=O)CCN(C)C. The van der Waals surface area contributed by atoms with Crippen LogP contribution in [0.2, 0.25) is 0 Å². The molecule has 9 nitrogen and oxygen atoms in total. The van der Waals surface area contributed by atoms with Crippen LogP contribution in [0.1, 0.15) is 258 Å². The minimum absolute atomic E-state index is 0.162. The molecule has 0 aromatic heterocycles. The van der Waals surface area contributed by atoms with Crippen LogP contribution < -0.4 is 0 Å². The Morgan fingerprint density at radius 2 is 0.548 bits per heavy atom. The number of carbonyl (C=O) groups excluding carboxylic acids is 4. The maximum atomic E-state index is 13.2. The van der Waals surface area contributed by atoms with Gasteiger partial charge in [0.1, 0.15) is 31.8 Å². The van der Waals surface area contributed by atoms with Crippen LogP contribution in [-0.4, -0.2) is 75.8 Å². The highest BCUT2D eigenvalue weighted by Crippen LogP contribution is 2.24. The number of hydrogen-bond donors (Lipinski definition) is 0. The fraction of sp³-hybridized carbons (Fsp3) is 0.750. The Balaban J connectivity index is 5.29. The molecule has 0 aliphatic rings. The third-order valence-electron chi connectivity index (χ3n) is 12.9. The van der Waals surface area contributed by atoms with E-state index in [1.165, 1.54) is 77.0 Å². The van der Waals surface area contributed by atoms with Crippen molar-refractivity contribution in [3.05, 3.63) is 72.9 Å². The average Bonchev–Trinajstić information content (AvgIpc) is 3.38. The third kappa shape index (κ3) is 51.6. The first-order chi connectivity index (χ1) is 35.7. The molecule has 73 heavy (non-hydrogen) atoms. The largest absolute Gasteiger partial charge is 0.465 e. The molecule has 0 atom stereocenters. The minimum atomic E-state index is -1.25. The molecule has 0 bridgehead atoms. The van der Waals surface area contributed by atoms with Gasteiger partial charge in [-0.05, 0) is 130 Å². The number of allylic oxidation sites excluding steroid dienone is 12. The molecule has 0 aliphatic carbocycles. The van der Waals surface area contributed by atoms with Gasteiger partial charge in [0.25, 0.3) is 0 Å². The predicted octanol–water partition coefficient (Wildman–Crippen LogP) is 17.5. The van der Waals surface area contributed by atoms with Crippen molar-refractivity contribution in [3.63, 3.8) is 0 Å². The van der Waals surface area contributed by atoms with Crippen molar-refractivity contribution in [2.24, 2.45) is 5.41 Å². The molecule has 0 fully saturated rings. The molecule has 0 heterocycles. The topological polar surface area (TPSA) is 108 Å². The van der Waals surface area contributed by atoms with E-state index in [1.54, 1.807) is 0 Å². The summed E-state index contributed by atoms with van der Waals surface area (Å²) in [6.07, 6.45) is 63.9. The van der Waals surface area contributed by atoms with Crippen molar-refractivity contribution >= 4 is 23.9 Å². The van der Waals surface area contributed by atoms with Gasteiger partial charge in [0, 0.05) is 25.8 Å². The van der Waals surface area contributed by atoms with Gasteiger partial charge in [-0.25, -0.2) is 0 Å². The van der Waals surface area contributed by atoms with Gasteiger partial charge in [0.2, 0.25) is 0 Å². The van der Waals surface area contributed by atoms with E-state index in [-0.39, 0.29) is 70.0 Å². The lowest BCUT2D eigenvalue weighted by molar-refractivity contribution is -0.170. The van der Waals surface area contributed by atoms with Gasteiger partial charge in [0.05, 0.1) is 6.42 Å². The summed E-state index contributed by atoms with van der Waals surface area (Å²) >= 11 is 0. The Labute approximate surface area is 448 Å². The summed E-state index contributed by atoms with van der Waals surface area (Å²) in [5.74, 6) is -1.55. The molecule has 0 aliphatic heterocycles. The van der Waals surface area contributed by atoms with Gasteiger partial charge in [-0.1, -0.05) is 190 Å². The zero-order chi connectivity index (χ0) is 53.4. The van der Waals surface area contributed by atoms with E-state index in [0.717, 1.165) is 116 Å². The molecule has 0 radical (unpaired) electrons. The summed E-state index contributed by atoms with van der Waals surface area (Å²) in [6.45, 7) is 6.35. The summed E-state index contributed by atoms with van der Waals surface area (Å²) in [7, 11) is 3.76. The summed E-state index contributed by atoms with van der Waals surface area (Å²) in [6, 6.07) is 0. The zero-order valence-electron chi connectivity index (χ0n) is 47.8. The Hall–Kier alpha value is -3.72. The molecule has 0 aromatic carbocycles. The zero-order valence-corrected chi connectivity index (χ0v) is 47.8. The second-order valence-electron chi connectivity index (χ2n) is 20.6. The molecule has 0 rings (SSSR count). The Kier molecular flexibility index (Phi) is 51.8. The molecule has 0 saturated heterocycles. The molecule has 9 heteroatoms. The summed E-state index contributed by atoms with van der Waals surface area (Å²) in [4.78, 5) is 54.3. The van der Waals surface area contributed by atoms with Crippen LogP contribution in [0.5, 0.6) is 0 Å². The smallest absolute Gasteiger partial charge is 0.307 e. The summed E-state index contributed by atoms with van der Waals surface area (Å²) in [5, 5.41) is 0. The number of carbonyl (C=O) groups is 4. The van der Waals surface area contributed by atoms with Crippen molar-refractivity contribution in [1.82, 2.24) is 4.90 Å². The van der Waals surface area contributed by atoms with Crippen molar-refractivity contribution in [2.45, 2.75) is 258 Å². The van der Waals surface area contributed by atoms with E-state index < -0.39 is 11.4 Å². The maximum Gasteiger partial charge on any atom is 0.307 e. The van der Waals surface area contributed by atoms with E-state index in [1.807, 2.05) is 19.0 Å². The monoisotopic (exact) mass is 1020 g/mol. The van der Waals surface area contributed by atoms with E-state index in [4.69, 9.17) is 18.9 Å². The highest BCUT2D eigenvalue weighted by molar-refractivity contribution is 5.71. The average molecular weight is 1020 g/mol. The lowest BCUT2D eigenvalue weighted by Crippen LogP contribution is -2.44. The summed E-state index contributed by atoms with van der Waals surface area (Å²) in [5.41, 5.74) is -1.25. The van der Waals surface area contributed by atoms with Gasteiger partial charge in [-0.2, -0.15) is 0 Å². The molecule has 420 valence electrons. The van der Waals surface area contributed by atoms with E-state index >= 15 is 0 Å². The first-order valence-corrected chi connectivity index (χ1v) is 29.8. The molecule has 0 amide bonds. The molecule has 0 aromatic rings. The fourth-order valence-corrected chi connectivity index (χ4v) is 8.03. The second-order valence-corrected chi connectivity index (χ2v) is 20.6. The van der Waals surface area contributed by atoms with Crippen molar-refractivity contribution in [3.8, 4) is 0 Å². The van der Waals surface area contributed by atoms with Crippen molar-refractivity contribution in [1.29, 1.82) is 0 Å². The Morgan fingerprint density at radius 3 is 0.808 bits per heavy atom. The van der Waals surface area contributed by atoms with Crippen LogP contribution in [0.4, 0.5) is 0 Å². The van der Waals surface area contributed by atoms with Crippen LogP contribution in [0.25, 0.3) is 0 Å². The van der Waals surface area contributed by atoms with Crippen LogP contribution in [0.3, 0.4) is 0 Å². The molecule has 0 spiro atoms. The number of esters is 4. The molecule has 0 N–H and O–H groups in total. The maximum absolute atomic E-state index is 13.2. The van der Waals surface area contributed by atoms with Crippen LogP contribution in [0, 0.1) is 5.41 Å². The number of nitrogens with zero attached hydrogens (tertiary/aromatic N) is 1. The molecule has 0 unspecified atom stereocenters. The van der Waals surface area contributed by atoms with Crippen molar-refractivity contribution < 1.29 is 38.1 Å². The number of unbranched alkanes of at least 4 members (excludes halogenated alkanes) is 24. The lowest BCUT2D eigenvalue weighted by Gasteiger charge is -2.31. The van der Waals surface area contributed by atoms with E-state index in [2.05, 4.69) is 93.7 Å². The molecular weight excluding hydrogens is 911 g/mol. The second kappa shape index (κ2) is 54.5. The first kappa shape index (κ1) is 69.3. The van der Waals surface area contributed by atoms with E-state index in [0.29, 0.717) is 25.8 Å². The number of rotatable bonds is 53. The quantitative estimate of drug-likeness (QED) is 0.0255. The number of ether oxygens (including phenoxy) is 4. The van der Waals surface area contributed by atoms with Crippen LogP contribution in [0.15, 0.2) is 72.9 Å².